The van der Waals surface area contributed by atoms with E-state index in [-0.39, 0.29) is 0 Å². The Bertz CT molecular complexity index is 756. The predicted octanol–water partition coefficient (Wildman–Crippen LogP) is 2.95. The molecular weight excluding hydrogens is 264 g/mol. The summed E-state index contributed by atoms with van der Waals surface area (Å²) in [5.41, 5.74) is 2.01. The monoisotopic (exact) mass is 280 g/mol. The Labute approximate surface area is 123 Å². The molecule has 2 aromatic heterocycles. The minimum Gasteiger partial charge on any atom is -0.497 e. The van der Waals surface area contributed by atoms with Gasteiger partial charge in [-0.1, -0.05) is 12.1 Å². The Balaban J connectivity index is 1.84. The number of aryl methyl sites for hydroxylation is 1. The highest BCUT2D eigenvalue weighted by Crippen LogP contribution is 2.20. The highest BCUT2D eigenvalue weighted by Gasteiger charge is 2.05. The van der Waals surface area contributed by atoms with Crippen molar-refractivity contribution in [3.8, 4) is 5.75 Å². The topological polar surface area (TPSA) is 59.9 Å². The normalized spacial score (nSPS) is 10.6. The van der Waals surface area contributed by atoms with Gasteiger partial charge in [0.15, 0.2) is 0 Å². The van der Waals surface area contributed by atoms with E-state index in [1.165, 1.54) is 0 Å². The first-order chi connectivity index (χ1) is 10.3. The first-order valence-corrected chi connectivity index (χ1v) is 6.71. The second-order valence-corrected chi connectivity index (χ2v) is 4.71. The molecule has 21 heavy (non-hydrogen) atoms. The fourth-order valence-electron chi connectivity index (χ4n) is 2.16. The van der Waals surface area contributed by atoms with Crippen molar-refractivity contribution in [1.29, 1.82) is 0 Å². The van der Waals surface area contributed by atoms with Crippen molar-refractivity contribution in [1.82, 2.24) is 15.0 Å². The van der Waals surface area contributed by atoms with Gasteiger partial charge in [0, 0.05) is 18.1 Å². The van der Waals surface area contributed by atoms with Crippen molar-refractivity contribution < 1.29 is 4.74 Å². The lowest BCUT2D eigenvalue weighted by molar-refractivity contribution is 0.414. The summed E-state index contributed by atoms with van der Waals surface area (Å²) < 4.78 is 5.16. The van der Waals surface area contributed by atoms with Crippen LogP contribution in [0.15, 0.2) is 42.7 Å². The number of fused-ring (bicyclic) bond motifs is 1. The Hall–Kier alpha value is -2.69. The third kappa shape index (κ3) is 2.91. The molecule has 0 aliphatic heterocycles. The SMILES string of the molecule is COc1ccc(CNc2nc(C)nc3cnccc23)cc1. The van der Waals surface area contributed by atoms with Crippen molar-refractivity contribution in [3.63, 3.8) is 0 Å². The zero-order valence-corrected chi connectivity index (χ0v) is 12.0. The molecule has 106 valence electrons. The van der Waals surface area contributed by atoms with Crippen LogP contribution in [0.3, 0.4) is 0 Å². The molecular formula is C16H16N4O. The quantitative estimate of drug-likeness (QED) is 0.796. The molecule has 3 aromatic rings. The number of anilines is 1. The van der Waals surface area contributed by atoms with E-state index in [2.05, 4.69) is 20.3 Å². The van der Waals surface area contributed by atoms with Crippen LogP contribution in [0.25, 0.3) is 10.9 Å². The molecule has 1 N–H and O–H groups in total. The maximum absolute atomic E-state index is 5.16. The zero-order valence-electron chi connectivity index (χ0n) is 12.0. The number of benzene rings is 1. The number of nitrogens with one attached hydrogen (secondary N) is 1. The van der Waals surface area contributed by atoms with Crippen LogP contribution in [-0.2, 0) is 6.54 Å². The van der Waals surface area contributed by atoms with Crippen molar-refractivity contribution in [2.24, 2.45) is 0 Å². The molecule has 1 aromatic carbocycles. The van der Waals surface area contributed by atoms with Crippen LogP contribution in [0.2, 0.25) is 0 Å². The van der Waals surface area contributed by atoms with Gasteiger partial charge in [0.1, 0.15) is 17.4 Å². The molecule has 0 aliphatic rings. The van der Waals surface area contributed by atoms with Gasteiger partial charge >= 0.3 is 0 Å². The van der Waals surface area contributed by atoms with Crippen LogP contribution < -0.4 is 10.1 Å². The fourth-order valence-corrected chi connectivity index (χ4v) is 2.16. The van der Waals surface area contributed by atoms with Crippen LogP contribution in [0, 0.1) is 6.92 Å². The minimum atomic E-state index is 0.692. The first kappa shape index (κ1) is 13.3. The average Bonchev–Trinajstić information content (AvgIpc) is 2.53. The molecule has 3 rings (SSSR count). The summed E-state index contributed by atoms with van der Waals surface area (Å²) in [4.78, 5) is 13.0. The van der Waals surface area contributed by atoms with Crippen LogP contribution in [0.4, 0.5) is 5.82 Å². The van der Waals surface area contributed by atoms with Crippen LogP contribution in [0.1, 0.15) is 11.4 Å². The molecule has 5 nitrogen and oxygen atoms in total. The lowest BCUT2D eigenvalue weighted by Crippen LogP contribution is -2.04. The Morgan fingerprint density at radius 1 is 1.10 bits per heavy atom. The number of pyridine rings is 1. The molecule has 0 saturated carbocycles. The number of aromatic nitrogens is 3. The standard InChI is InChI=1S/C16H16N4O/c1-11-19-15-10-17-8-7-14(15)16(20-11)18-9-12-3-5-13(21-2)6-4-12/h3-8,10H,9H2,1-2H3,(H,18,19,20). The molecule has 5 heteroatoms. The van der Waals surface area contributed by atoms with E-state index in [1.54, 1.807) is 19.5 Å². The van der Waals surface area contributed by atoms with Crippen molar-refractivity contribution in [2.75, 3.05) is 12.4 Å². The van der Waals surface area contributed by atoms with Crippen LogP contribution >= 0.6 is 0 Å². The maximum atomic E-state index is 5.16. The first-order valence-electron chi connectivity index (χ1n) is 6.71. The lowest BCUT2D eigenvalue weighted by atomic mass is 10.2. The number of ether oxygens (including phenoxy) is 1. The molecule has 0 amide bonds. The van der Waals surface area contributed by atoms with E-state index in [0.717, 1.165) is 33.9 Å². The van der Waals surface area contributed by atoms with Crippen molar-refractivity contribution in [2.45, 2.75) is 13.5 Å². The summed E-state index contributed by atoms with van der Waals surface area (Å²) in [7, 11) is 1.66. The van der Waals surface area contributed by atoms with Crippen LogP contribution in [-0.4, -0.2) is 22.1 Å². The average molecular weight is 280 g/mol. The third-order valence-electron chi connectivity index (χ3n) is 3.23. The Kier molecular flexibility index (Phi) is 3.64. The summed E-state index contributed by atoms with van der Waals surface area (Å²) in [6.45, 7) is 2.57. The van der Waals surface area contributed by atoms with E-state index in [9.17, 15) is 0 Å². The molecule has 0 saturated heterocycles. The molecule has 2 heterocycles. The number of methoxy groups -OCH3 is 1. The fraction of sp³-hybridized carbons (Fsp3) is 0.188. The van der Waals surface area contributed by atoms with Gasteiger partial charge in [-0.2, -0.15) is 0 Å². The number of hydrogen-bond acceptors (Lipinski definition) is 5. The molecule has 0 fully saturated rings. The van der Waals surface area contributed by atoms with E-state index >= 15 is 0 Å². The molecule has 0 aliphatic carbocycles. The minimum absolute atomic E-state index is 0.692. The molecule has 0 radical (unpaired) electrons. The summed E-state index contributed by atoms with van der Waals surface area (Å²) >= 11 is 0. The second kappa shape index (κ2) is 5.75. The van der Waals surface area contributed by atoms with E-state index in [0.29, 0.717) is 6.54 Å². The van der Waals surface area contributed by atoms with E-state index in [4.69, 9.17) is 4.74 Å². The zero-order chi connectivity index (χ0) is 14.7. The Morgan fingerprint density at radius 2 is 1.90 bits per heavy atom. The van der Waals surface area contributed by atoms with Gasteiger partial charge in [0.2, 0.25) is 0 Å². The van der Waals surface area contributed by atoms with Gasteiger partial charge in [-0.25, -0.2) is 9.97 Å². The van der Waals surface area contributed by atoms with E-state index < -0.39 is 0 Å². The van der Waals surface area contributed by atoms with Crippen LogP contribution in [0.5, 0.6) is 5.75 Å². The number of rotatable bonds is 4. The van der Waals surface area contributed by atoms with Crippen molar-refractivity contribution >= 4 is 16.7 Å². The van der Waals surface area contributed by atoms with Crippen molar-refractivity contribution in [3.05, 3.63) is 54.1 Å². The molecule has 0 atom stereocenters. The largest absolute Gasteiger partial charge is 0.497 e. The second-order valence-electron chi connectivity index (χ2n) is 4.71. The summed E-state index contributed by atoms with van der Waals surface area (Å²) in [6, 6.07) is 9.88. The molecule has 0 unspecified atom stereocenters. The molecule has 0 spiro atoms. The number of hydrogen-bond donors (Lipinski definition) is 1. The van der Waals surface area contributed by atoms with Gasteiger partial charge in [-0.15, -0.1) is 0 Å². The summed E-state index contributed by atoms with van der Waals surface area (Å²) in [5.74, 6) is 2.41. The van der Waals surface area contributed by atoms with Gasteiger partial charge in [-0.05, 0) is 30.7 Å². The lowest BCUT2D eigenvalue weighted by Gasteiger charge is -2.10. The predicted molar refractivity (Wildman–Crippen MR) is 82.4 cm³/mol. The van der Waals surface area contributed by atoms with E-state index in [1.807, 2.05) is 37.3 Å². The third-order valence-corrected chi connectivity index (χ3v) is 3.23. The highest BCUT2D eigenvalue weighted by atomic mass is 16.5. The summed E-state index contributed by atoms with van der Waals surface area (Å²) in [6.07, 6.45) is 3.50. The van der Waals surface area contributed by atoms with Gasteiger partial charge in [0.25, 0.3) is 0 Å². The maximum Gasteiger partial charge on any atom is 0.138 e. The van der Waals surface area contributed by atoms with Gasteiger partial charge in [-0.3, -0.25) is 4.98 Å². The smallest absolute Gasteiger partial charge is 0.138 e. The molecule has 0 bridgehead atoms. The summed E-state index contributed by atoms with van der Waals surface area (Å²) in [5, 5.41) is 4.34. The highest BCUT2D eigenvalue weighted by molar-refractivity contribution is 5.88. The Morgan fingerprint density at radius 3 is 2.67 bits per heavy atom. The number of nitrogens with zero attached hydrogens (tertiary/aromatic N) is 3. The van der Waals surface area contributed by atoms with Gasteiger partial charge < -0.3 is 10.1 Å². The van der Waals surface area contributed by atoms with Gasteiger partial charge in [0.05, 0.1) is 18.8 Å².